The van der Waals surface area contributed by atoms with E-state index in [9.17, 15) is 4.79 Å². The summed E-state index contributed by atoms with van der Waals surface area (Å²) < 4.78 is 7.57. The van der Waals surface area contributed by atoms with Gasteiger partial charge in [-0.3, -0.25) is 4.79 Å². The molecule has 1 aromatic heterocycles. The third kappa shape index (κ3) is 3.83. The van der Waals surface area contributed by atoms with E-state index < -0.39 is 5.60 Å². The summed E-state index contributed by atoms with van der Waals surface area (Å²) in [5.74, 6) is -0.0195. The highest BCUT2D eigenvalue weighted by molar-refractivity contribution is 5.85. The van der Waals surface area contributed by atoms with Gasteiger partial charge in [-0.15, -0.1) is 0 Å². The number of nitrogens with zero attached hydrogens (tertiary/aromatic N) is 2. The molecule has 1 aromatic carbocycles. The van der Waals surface area contributed by atoms with Crippen LogP contribution in [-0.2, 0) is 22.6 Å². The number of piperidine rings is 1. The van der Waals surface area contributed by atoms with Crippen molar-refractivity contribution in [3.05, 3.63) is 54.1 Å². The predicted octanol–water partition coefficient (Wildman–Crippen LogP) is 1.32. The van der Waals surface area contributed by atoms with Crippen LogP contribution in [-0.4, -0.2) is 41.3 Å². The van der Waals surface area contributed by atoms with Gasteiger partial charge in [0.2, 0.25) is 0 Å². The summed E-state index contributed by atoms with van der Waals surface area (Å²) in [5.41, 5.74) is 1.60. The minimum Gasteiger partial charge on any atom is -0.368 e. The first kappa shape index (κ1) is 16.7. The molecule has 0 atom stereocenters. The molecule has 1 amide bonds. The molecule has 0 unspecified atom stereocenters. The van der Waals surface area contributed by atoms with Gasteiger partial charge < -0.3 is 19.9 Å². The normalized spacial score (nSPS) is 16.7. The van der Waals surface area contributed by atoms with Crippen molar-refractivity contribution in [3.8, 4) is 0 Å². The standard InChI is InChI=1S/C18H24N4O2/c1-24-18(6-8-19-9-7-18)17(23)21-12-15-2-4-16(5-3-15)13-22-11-10-20-14-22/h2-5,10-11,14,19H,6-9,12-13H2,1H3,(H,21,23). The molecular formula is C18H24N4O2. The maximum Gasteiger partial charge on any atom is 0.252 e. The number of benzene rings is 1. The number of aromatic nitrogens is 2. The lowest BCUT2D eigenvalue weighted by molar-refractivity contribution is -0.146. The van der Waals surface area contributed by atoms with Crippen molar-refractivity contribution in [1.29, 1.82) is 0 Å². The summed E-state index contributed by atoms with van der Waals surface area (Å²) in [4.78, 5) is 16.6. The molecule has 0 aliphatic carbocycles. The van der Waals surface area contributed by atoms with Gasteiger partial charge >= 0.3 is 0 Å². The third-order valence-electron chi connectivity index (χ3n) is 4.62. The summed E-state index contributed by atoms with van der Waals surface area (Å²) in [6, 6.07) is 8.26. The van der Waals surface area contributed by atoms with Gasteiger partial charge in [0, 0.05) is 32.6 Å². The number of ether oxygens (including phenoxy) is 1. The first-order chi connectivity index (χ1) is 11.7. The lowest BCUT2D eigenvalue weighted by atomic mass is 9.91. The van der Waals surface area contributed by atoms with Crippen LogP contribution >= 0.6 is 0 Å². The predicted molar refractivity (Wildman–Crippen MR) is 91.5 cm³/mol. The van der Waals surface area contributed by atoms with Crippen LogP contribution < -0.4 is 10.6 Å². The molecule has 2 heterocycles. The van der Waals surface area contributed by atoms with E-state index in [-0.39, 0.29) is 5.91 Å². The van der Waals surface area contributed by atoms with E-state index in [1.165, 1.54) is 5.56 Å². The highest BCUT2D eigenvalue weighted by atomic mass is 16.5. The Hall–Kier alpha value is -2.18. The molecule has 6 heteroatoms. The highest BCUT2D eigenvalue weighted by Crippen LogP contribution is 2.22. The van der Waals surface area contributed by atoms with Crippen LogP contribution in [0.1, 0.15) is 24.0 Å². The molecule has 0 spiro atoms. The fraction of sp³-hybridized carbons (Fsp3) is 0.444. The molecule has 128 valence electrons. The number of hydrogen-bond acceptors (Lipinski definition) is 4. The lowest BCUT2D eigenvalue weighted by Crippen LogP contribution is -2.53. The number of amides is 1. The van der Waals surface area contributed by atoms with Crippen molar-refractivity contribution in [2.75, 3.05) is 20.2 Å². The number of methoxy groups -OCH3 is 1. The van der Waals surface area contributed by atoms with Gasteiger partial charge in [-0.2, -0.15) is 0 Å². The number of carbonyl (C=O) groups is 1. The van der Waals surface area contributed by atoms with Crippen molar-refractivity contribution < 1.29 is 9.53 Å². The summed E-state index contributed by atoms with van der Waals surface area (Å²) in [6.07, 6.45) is 6.93. The number of rotatable bonds is 6. The summed E-state index contributed by atoms with van der Waals surface area (Å²) in [6.45, 7) is 2.93. The van der Waals surface area contributed by atoms with Gasteiger partial charge in [0.15, 0.2) is 0 Å². The zero-order valence-electron chi connectivity index (χ0n) is 14.0. The Bertz CT molecular complexity index is 646. The summed E-state index contributed by atoms with van der Waals surface area (Å²) in [7, 11) is 1.62. The van der Waals surface area contributed by atoms with E-state index in [1.54, 1.807) is 19.6 Å². The zero-order valence-corrected chi connectivity index (χ0v) is 14.0. The molecular weight excluding hydrogens is 304 g/mol. The van der Waals surface area contributed by atoms with Gasteiger partial charge in [-0.05, 0) is 37.1 Å². The Morgan fingerprint density at radius 3 is 2.62 bits per heavy atom. The maximum atomic E-state index is 12.5. The van der Waals surface area contributed by atoms with Crippen molar-refractivity contribution in [2.45, 2.75) is 31.5 Å². The fourth-order valence-electron chi connectivity index (χ4n) is 3.05. The zero-order chi connectivity index (χ0) is 16.8. The van der Waals surface area contributed by atoms with Crippen LogP contribution in [0, 0.1) is 0 Å². The molecule has 0 saturated carbocycles. The van der Waals surface area contributed by atoms with Gasteiger partial charge in [0.1, 0.15) is 5.60 Å². The SMILES string of the molecule is COC1(C(=O)NCc2ccc(Cn3ccnc3)cc2)CCNCC1. The van der Waals surface area contributed by atoms with Crippen LogP contribution in [0.25, 0.3) is 0 Å². The minimum absolute atomic E-state index is 0.0195. The second kappa shape index (κ2) is 7.59. The van der Waals surface area contributed by atoms with Crippen molar-refractivity contribution in [3.63, 3.8) is 0 Å². The van der Waals surface area contributed by atoms with Crippen LogP contribution in [0.4, 0.5) is 0 Å². The largest absolute Gasteiger partial charge is 0.368 e. The Labute approximate surface area is 142 Å². The van der Waals surface area contributed by atoms with E-state index in [0.717, 1.165) is 25.2 Å². The molecule has 1 fully saturated rings. The average molecular weight is 328 g/mol. The summed E-state index contributed by atoms with van der Waals surface area (Å²) >= 11 is 0. The number of imidazole rings is 1. The Morgan fingerprint density at radius 1 is 1.29 bits per heavy atom. The Kier molecular flexibility index (Phi) is 5.27. The van der Waals surface area contributed by atoms with Gasteiger partial charge in [0.05, 0.1) is 6.33 Å². The molecule has 1 aliphatic heterocycles. The molecule has 6 nitrogen and oxygen atoms in total. The van der Waals surface area contributed by atoms with Crippen LogP contribution in [0.5, 0.6) is 0 Å². The fourth-order valence-corrected chi connectivity index (χ4v) is 3.05. The monoisotopic (exact) mass is 328 g/mol. The average Bonchev–Trinajstić information content (AvgIpc) is 3.14. The molecule has 1 saturated heterocycles. The molecule has 2 aromatic rings. The second-order valence-corrected chi connectivity index (χ2v) is 6.18. The smallest absolute Gasteiger partial charge is 0.252 e. The topological polar surface area (TPSA) is 68.2 Å². The lowest BCUT2D eigenvalue weighted by Gasteiger charge is -2.34. The van der Waals surface area contributed by atoms with E-state index in [4.69, 9.17) is 4.74 Å². The van der Waals surface area contributed by atoms with Crippen LogP contribution in [0.2, 0.25) is 0 Å². The molecule has 2 N–H and O–H groups in total. The second-order valence-electron chi connectivity index (χ2n) is 6.18. The molecule has 0 radical (unpaired) electrons. The van der Waals surface area contributed by atoms with Crippen molar-refractivity contribution in [2.24, 2.45) is 0 Å². The maximum absolute atomic E-state index is 12.5. The van der Waals surface area contributed by atoms with E-state index in [1.807, 2.05) is 10.8 Å². The minimum atomic E-state index is -0.688. The van der Waals surface area contributed by atoms with Crippen molar-refractivity contribution in [1.82, 2.24) is 20.2 Å². The molecule has 1 aliphatic rings. The first-order valence-electron chi connectivity index (χ1n) is 8.30. The quantitative estimate of drug-likeness (QED) is 0.839. The Balaban J connectivity index is 1.55. The first-order valence-corrected chi connectivity index (χ1v) is 8.30. The van der Waals surface area contributed by atoms with Crippen molar-refractivity contribution >= 4 is 5.91 Å². The van der Waals surface area contributed by atoms with Gasteiger partial charge in [-0.1, -0.05) is 24.3 Å². The molecule has 24 heavy (non-hydrogen) atoms. The molecule has 0 bridgehead atoms. The number of nitrogens with one attached hydrogen (secondary N) is 2. The van der Waals surface area contributed by atoms with E-state index in [2.05, 4.69) is 39.9 Å². The Morgan fingerprint density at radius 2 is 2.00 bits per heavy atom. The van der Waals surface area contributed by atoms with Crippen LogP contribution in [0.15, 0.2) is 43.0 Å². The van der Waals surface area contributed by atoms with Gasteiger partial charge in [-0.25, -0.2) is 4.98 Å². The highest BCUT2D eigenvalue weighted by Gasteiger charge is 2.39. The van der Waals surface area contributed by atoms with E-state index >= 15 is 0 Å². The molecule has 3 rings (SSSR count). The van der Waals surface area contributed by atoms with Crippen LogP contribution in [0.3, 0.4) is 0 Å². The van der Waals surface area contributed by atoms with Gasteiger partial charge in [0.25, 0.3) is 5.91 Å². The number of hydrogen-bond donors (Lipinski definition) is 2. The third-order valence-corrected chi connectivity index (χ3v) is 4.62. The van der Waals surface area contributed by atoms with E-state index in [0.29, 0.717) is 19.4 Å². The summed E-state index contributed by atoms with van der Waals surface area (Å²) in [5, 5.41) is 6.28. The number of carbonyl (C=O) groups excluding carboxylic acids is 1.